The van der Waals surface area contributed by atoms with E-state index in [2.05, 4.69) is 27.3 Å². The molecule has 2 aromatic rings. The van der Waals surface area contributed by atoms with Crippen LogP contribution in [-0.2, 0) is 13.0 Å². The van der Waals surface area contributed by atoms with Crippen LogP contribution in [0.5, 0.6) is 0 Å². The van der Waals surface area contributed by atoms with Crippen molar-refractivity contribution < 1.29 is 0 Å². The van der Waals surface area contributed by atoms with Crippen molar-refractivity contribution in [3.63, 3.8) is 0 Å². The Labute approximate surface area is 125 Å². The molecular weight excluding hydrogens is 262 g/mol. The van der Waals surface area contributed by atoms with E-state index in [1.165, 1.54) is 12.8 Å². The maximum atomic E-state index is 4.60. The summed E-state index contributed by atoms with van der Waals surface area (Å²) >= 11 is 0. The standard InChI is InChI=1S/C16H23N5/c1-2-8-21-16(5-7-20-21)15-12-18-14(11-19-15)9-13-4-3-6-17-10-13/h5,7,11-13,17H,2-4,6,8-10H2,1H3/t13-/m0/s1. The molecule has 0 spiro atoms. The molecule has 1 atom stereocenters. The highest BCUT2D eigenvalue weighted by Crippen LogP contribution is 2.18. The molecule has 1 aliphatic heterocycles. The van der Waals surface area contributed by atoms with E-state index >= 15 is 0 Å². The summed E-state index contributed by atoms with van der Waals surface area (Å²) in [6.07, 6.45) is 10.3. The van der Waals surface area contributed by atoms with Crippen molar-refractivity contribution >= 4 is 0 Å². The SMILES string of the molecule is CCCn1nccc1-c1cnc(C[C@@H]2CCCNC2)cn1. The normalized spacial score (nSPS) is 18.8. The lowest BCUT2D eigenvalue weighted by Crippen LogP contribution is -2.31. The van der Waals surface area contributed by atoms with Gasteiger partial charge in [0.15, 0.2) is 0 Å². The summed E-state index contributed by atoms with van der Waals surface area (Å²) in [5.41, 5.74) is 3.05. The molecular formula is C16H23N5. The fraction of sp³-hybridized carbons (Fsp3) is 0.562. The molecule has 0 radical (unpaired) electrons. The van der Waals surface area contributed by atoms with Crippen LogP contribution in [0.15, 0.2) is 24.7 Å². The average molecular weight is 285 g/mol. The second-order valence-corrected chi connectivity index (χ2v) is 5.75. The summed E-state index contributed by atoms with van der Waals surface area (Å²) in [5, 5.41) is 7.79. The Morgan fingerprint density at radius 1 is 1.33 bits per heavy atom. The average Bonchev–Trinajstić information content (AvgIpc) is 2.98. The van der Waals surface area contributed by atoms with Gasteiger partial charge in [0.05, 0.1) is 17.6 Å². The van der Waals surface area contributed by atoms with E-state index in [0.29, 0.717) is 5.92 Å². The summed E-state index contributed by atoms with van der Waals surface area (Å²) in [6, 6.07) is 2.00. The van der Waals surface area contributed by atoms with Gasteiger partial charge in [0, 0.05) is 18.9 Å². The molecule has 2 aromatic heterocycles. The van der Waals surface area contributed by atoms with Crippen molar-refractivity contribution in [2.75, 3.05) is 13.1 Å². The van der Waals surface area contributed by atoms with Gasteiger partial charge in [-0.25, -0.2) is 0 Å². The Morgan fingerprint density at radius 2 is 2.29 bits per heavy atom. The first kappa shape index (κ1) is 14.2. The molecule has 1 saturated heterocycles. The fourth-order valence-corrected chi connectivity index (χ4v) is 2.93. The maximum absolute atomic E-state index is 4.60. The Kier molecular flexibility index (Phi) is 4.60. The van der Waals surface area contributed by atoms with Crippen LogP contribution in [0.25, 0.3) is 11.4 Å². The Morgan fingerprint density at radius 3 is 3.00 bits per heavy atom. The highest BCUT2D eigenvalue weighted by molar-refractivity contribution is 5.52. The Hall–Kier alpha value is -1.75. The highest BCUT2D eigenvalue weighted by Gasteiger charge is 2.14. The van der Waals surface area contributed by atoms with Crippen molar-refractivity contribution in [2.24, 2.45) is 5.92 Å². The van der Waals surface area contributed by atoms with Crippen LogP contribution >= 0.6 is 0 Å². The van der Waals surface area contributed by atoms with Crippen LogP contribution < -0.4 is 5.32 Å². The molecule has 1 aliphatic rings. The first-order valence-corrected chi connectivity index (χ1v) is 7.90. The van der Waals surface area contributed by atoms with Crippen LogP contribution in [0.2, 0.25) is 0 Å². The number of rotatable bonds is 5. The third-order valence-electron chi connectivity index (χ3n) is 4.02. The summed E-state index contributed by atoms with van der Waals surface area (Å²) in [5.74, 6) is 0.699. The second kappa shape index (κ2) is 6.80. The van der Waals surface area contributed by atoms with E-state index in [-0.39, 0.29) is 0 Å². The van der Waals surface area contributed by atoms with Gasteiger partial charge >= 0.3 is 0 Å². The minimum Gasteiger partial charge on any atom is -0.316 e. The number of piperidine rings is 1. The number of hydrogen-bond donors (Lipinski definition) is 1. The molecule has 0 saturated carbocycles. The largest absolute Gasteiger partial charge is 0.316 e. The highest BCUT2D eigenvalue weighted by atomic mass is 15.3. The smallest absolute Gasteiger partial charge is 0.107 e. The van der Waals surface area contributed by atoms with Crippen molar-refractivity contribution in [3.05, 3.63) is 30.4 Å². The first-order chi connectivity index (χ1) is 10.4. The molecule has 0 aromatic carbocycles. The molecule has 0 bridgehead atoms. The van der Waals surface area contributed by atoms with Crippen molar-refractivity contribution in [1.82, 2.24) is 25.1 Å². The molecule has 3 rings (SSSR count). The van der Waals surface area contributed by atoms with Gasteiger partial charge in [-0.3, -0.25) is 14.6 Å². The molecule has 1 fully saturated rings. The molecule has 0 unspecified atom stereocenters. The molecule has 3 heterocycles. The maximum Gasteiger partial charge on any atom is 0.107 e. The third-order valence-corrected chi connectivity index (χ3v) is 4.02. The predicted octanol–water partition coefficient (Wildman–Crippen LogP) is 2.29. The number of aryl methyl sites for hydroxylation is 1. The van der Waals surface area contributed by atoms with E-state index in [0.717, 1.165) is 49.6 Å². The zero-order valence-corrected chi connectivity index (χ0v) is 12.6. The van der Waals surface area contributed by atoms with Crippen LogP contribution in [0.1, 0.15) is 31.9 Å². The second-order valence-electron chi connectivity index (χ2n) is 5.75. The monoisotopic (exact) mass is 285 g/mol. The van der Waals surface area contributed by atoms with Gasteiger partial charge in [0.2, 0.25) is 0 Å². The van der Waals surface area contributed by atoms with Gasteiger partial charge in [-0.15, -0.1) is 0 Å². The minimum absolute atomic E-state index is 0.699. The topological polar surface area (TPSA) is 55.6 Å². The van der Waals surface area contributed by atoms with E-state index in [1.807, 2.05) is 29.3 Å². The van der Waals surface area contributed by atoms with Crippen molar-refractivity contribution in [2.45, 2.75) is 39.2 Å². The van der Waals surface area contributed by atoms with Gasteiger partial charge in [-0.1, -0.05) is 6.92 Å². The van der Waals surface area contributed by atoms with E-state index in [4.69, 9.17) is 0 Å². The number of aromatic nitrogens is 4. The Bertz CT molecular complexity index is 554. The number of nitrogens with one attached hydrogen (secondary N) is 1. The van der Waals surface area contributed by atoms with Crippen molar-refractivity contribution in [1.29, 1.82) is 0 Å². The van der Waals surface area contributed by atoms with Gasteiger partial charge in [0.1, 0.15) is 5.69 Å². The molecule has 112 valence electrons. The lowest BCUT2D eigenvalue weighted by Gasteiger charge is -2.22. The molecule has 5 nitrogen and oxygen atoms in total. The van der Waals surface area contributed by atoms with Gasteiger partial charge in [0.25, 0.3) is 0 Å². The third kappa shape index (κ3) is 3.47. The quantitative estimate of drug-likeness (QED) is 0.916. The van der Waals surface area contributed by atoms with E-state index in [9.17, 15) is 0 Å². The van der Waals surface area contributed by atoms with Crippen LogP contribution in [0.3, 0.4) is 0 Å². The number of nitrogens with zero attached hydrogens (tertiary/aromatic N) is 4. The zero-order chi connectivity index (χ0) is 14.5. The summed E-state index contributed by atoms with van der Waals surface area (Å²) < 4.78 is 1.99. The summed E-state index contributed by atoms with van der Waals surface area (Å²) in [6.45, 7) is 5.33. The molecule has 0 aliphatic carbocycles. The lowest BCUT2D eigenvalue weighted by molar-refractivity contribution is 0.373. The molecule has 0 amide bonds. The van der Waals surface area contributed by atoms with Gasteiger partial charge in [-0.2, -0.15) is 5.10 Å². The minimum atomic E-state index is 0.699. The lowest BCUT2D eigenvalue weighted by atomic mass is 9.95. The first-order valence-electron chi connectivity index (χ1n) is 7.90. The van der Waals surface area contributed by atoms with Gasteiger partial charge in [-0.05, 0) is 50.8 Å². The van der Waals surface area contributed by atoms with E-state index in [1.54, 1.807) is 0 Å². The van der Waals surface area contributed by atoms with E-state index < -0.39 is 0 Å². The molecule has 5 heteroatoms. The summed E-state index contributed by atoms with van der Waals surface area (Å²) in [4.78, 5) is 9.18. The van der Waals surface area contributed by atoms with Crippen molar-refractivity contribution in [3.8, 4) is 11.4 Å². The number of hydrogen-bond acceptors (Lipinski definition) is 4. The van der Waals surface area contributed by atoms with Gasteiger partial charge < -0.3 is 5.32 Å². The zero-order valence-electron chi connectivity index (χ0n) is 12.6. The summed E-state index contributed by atoms with van der Waals surface area (Å²) in [7, 11) is 0. The fourth-order valence-electron chi connectivity index (χ4n) is 2.93. The molecule has 21 heavy (non-hydrogen) atoms. The van der Waals surface area contributed by atoms with Crippen LogP contribution in [0.4, 0.5) is 0 Å². The Balaban J connectivity index is 1.69. The predicted molar refractivity (Wildman–Crippen MR) is 82.8 cm³/mol. The van der Waals surface area contributed by atoms with Crippen LogP contribution in [-0.4, -0.2) is 32.8 Å². The van der Waals surface area contributed by atoms with Crippen LogP contribution in [0, 0.1) is 5.92 Å². The molecule has 1 N–H and O–H groups in total.